The Labute approximate surface area is 282 Å². The Kier molecular flexibility index (Phi) is 10.2. The molecular weight excluding hydrogens is 673 g/mol. The molecule has 0 aliphatic carbocycles. The van der Waals surface area contributed by atoms with Gasteiger partial charge in [0.05, 0.1) is 32.0 Å². The lowest BCUT2D eigenvalue weighted by atomic mass is 10.2. The minimum Gasteiger partial charge on any atom is -0.264 e. The molecule has 0 radical (unpaired) electrons. The predicted molar refractivity (Wildman–Crippen MR) is 184 cm³/mol. The Hall–Kier alpha value is -4.24. The van der Waals surface area contributed by atoms with Crippen LogP contribution in [0.5, 0.6) is 0 Å². The summed E-state index contributed by atoms with van der Waals surface area (Å²) in [4.78, 5) is 10.2. The molecular formula is C33H30N6O4S4. The van der Waals surface area contributed by atoms with Crippen LogP contribution in [0.25, 0.3) is 22.5 Å². The maximum atomic E-state index is 13.3. The fourth-order valence-electron chi connectivity index (χ4n) is 4.69. The molecule has 6 aromatic rings. The highest BCUT2D eigenvalue weighted by atomic mass is 32.2. The van der Waals surface area contributed by atoms with Gasteiger partial charge in [-0.15, -0.1) is 23.5 Å². The molecule has 4 heterocycles. The first kappa shape index (κ1) is 32.7. The SMILES string of the molecule is O=S(=O)(c1ccccc1)n1cc(SCCCCCSc2cn(S(=O)(=O)c3ccccc3)nc2-c2cccnc2)c(-c2cccnc2)n1. The van der Waals surface area contributed by atoms with E-state index in [1.54, 1.807) is 134 Å². The monoisotopic (exact) mass is 702 g/mol. The first-order valence-corrected chi connectivity index (χ1v) is 19.6. The van der Waals surface area contributed by atoms with Crippen molar-refractivity contribution in [2.45, 2.75) is 38.8 Å². The third-order valence-corrected chi connectivity index (χ3v) is 12.4. The summed E-state index contributed by atoms with van der Waals surface area (Å²) in [6, 6.07) is 23.8. The summed E-state index contributed by atoms with van der Waals surface area (Å²) in [5.41, 5.74) is 2.63. The van der Waals surface area contributed by atoms with Crippen LogP contribution < -0.4 is 0 Å². The van der Waals surface area contributed by atoms with E-state index >= 15 is 0 Å². The van der Waals surface area contributed by atoms with Crippen LogP contribution >= 0.6 is 23.5 Å². The largest absolute Gasteiger partial charge is 0.282 e. The van der Waals surface area contributed by atoms with E-state index in [0.717, 1.165) is 59.9 Å². The predicted octanol–water partition coefficient (Wildman–Crippen LogP) is 6.73. The molecule has 6 rings (SSSR count). The van der Waals surface area contributed by atoms with Gasteiger partial charge in [0.1, 0.15) is 11.4 Å². The summed E-state index contributed by atoms with van der Waals surface area (Å²) < 4.78 is 55.2. The molecule has 0 unspecified atom stereocenters. The summed E-state index contributed by atoms with van der Waals surface area (Å²) >= 11 is 3.13. The zero-order chi connectivity index (χ0) is 32.7. The molecule has 2 aromatic carbocycles. The lowest BCUT2D eigenvalue weighted by molar-refractivity contribution is 0.578. The highest BCUT2D eigenvalue weighted by molar-refractivity contribution is 7.99. The van der Waals surface area contributed by atoms with Crippen molar-refractivity contribution in [1.82, 2.24) is 28.3 Å². The van der Waals surface area contributed by atoms with Gasteiger partial charge in [-0.3, -0.25) is 9.97 Å². The van der Waals surface area contributed by atoms with Gasteiger partial charge < -0.3 is 0 Å². The van der Waals surface area contributed by atoms with Crippen LogP contribution in [0.4, 0.5) is 0 Å². The van der Waals surface area contributed by atoms with Gasteiger partial charge >= 0.3 is 0 Å². The Morgan fingerprint density at radius 3 is 1.34 bits per heavy atom. The molecule has 240 valence electrons. The van der Waals surface area contributed by atoms with E-state index in [9.17, 15) is 16.8 Å². The standard InChI is InChI=1S/C33H30N6O4S4/c40-46(41,28-14-4-1-5-15-28)38-24-30(32(36-38)26-12-10-18-34-22-26)44-20-8-3-9-21-45-31-25-39(37-33(31)27-13-11-19-35-23-27)47(42,43)29-16-6-2-7-17-29/h1-2,4-7,10-19,22-25H,3,8-9,20-21H2. The van der Waals surface area contributed by atoms with Gasteiger partial charge in [-0.1, -0.05) is 42.8 Å². The Balaban J connectivity index is 1.10. The second kappa shape index (κ2) is 14.7. The lowest BCUT2D eigenvalue weighted by Crippen LogP contribution is -2.13. The molecule has 4 aromatic heterocycles. The van der Waals surface area contributed by atoms with Gasteiger partial charge in [-0.05, 0) is 72.9 Å². The van der Waals surface area contributed by atoms with Gasteiger partial charge in [0, 0.05) is 35.9 Å². The lowest BCUT2D eigenvalue weighted by Gasteiger charge is -2.04. The number of pyridine rings is 2. The number of nitrogens with zero attached hydrogens (tertiary/aromatic N) is 6. The topological polar surface area (TPSA) is 130 Å². The van der Waals surface area contributed by atoms with Crippen LogP contribution in [-0.2, 0) is 20.0 Å². The summed E-state index contributed by atoms with van der Waals surface area (Å²) in [6.07, 6.45) is 12.6. The van der Waals surface area contributed by atoms with Crippen LogP contribution in [0.1, 0.15) is 19.3 Å². The smallest absolute Gasteiger partial charge is 0.264 e. The van der Waals surface area contributed by atoms with Crippen molar-refractivity contribution in [2.75, 3.05) is 11.5 Å². The molecule has 0 atom stereocenters. The van der Waals surface area contributed by atoms with Crippen LogP contribution in [0, 0.1) is 0 Å². The zero-order valence-electron chi connectivity index (χ0n) is 25.0. The van der Waals surface area contributed by atoms with Crippen molar-refractivity contribution in [2.24, 2.45) is 0 Å². The van der Waals surface area contributed by atoms with Crippen LogP contribution in [-0.4, -0.2) is 56.7 Å². The molecule has 10 nitrogen and oxygen atoms in total. The molecule has 0 saturated carbocycles. The van der Waals surface area contributed by atoms with E-state index in [1.165, 1.54) is 0 Å². The molecule has 0 spiro atoms. The molecule has 14 heteroatoms. The first-order valence-electron chi connectivity index (χ1n) is 14.7. The van der Waals surface area contributed by atoms with E-state index < -0.39 is 20.0 Å². The van der Waals surface area contributed by atoms with Crippen LogP contribution in [0.2, 0.25) is 0 Å². The summed E-state index contributed by atoms with van der Waals surface area (Å²) in [7, 11) is -7.69. The zero-order valence-corrected chi connectivity index (χ0v) is 28.3. The summed E-state index contributed by atoms with van der Waals surface area (Å²) in [6.45, 7) is 0. The van der Waals surface area contributed by atoms with Gasteiger partial charge in [0.15, 0.2) is 0 Å². The third-order valence-electron chi connectivity index (χ3n) is 7.07. The fourth-order valence-corrected chi connectivity index (χ4v) is 9.20. The number of aromatic nitrogens is 6. The minimum absolute atomic E-state index is 0.171. The second-order valence-corrected chi connectivity index (χ2v) is 16.2. The molecule has 0 aliphatic rings. The molecule has 47 heavy (non-hydrogen) atoms. The molecule has 0 saturated heterocycles. The maximum absolute atomic E-state index is 13.3. The number of rotatable bonds is 14. The van der Waals surface area contributed by atoms with Crippen molar-refractivity contribution < 1.29 is 16.8 Å². The van der Waals surface area contributed by atoms with E-state index in [-0.39, 0.29) is 9.79 Å². The second-order valence-electron chi connectivity index (χ2n) is 10.3. The summed E-state index contributed by atoms with van der Waals surface area (Å²) in [5.74, 6) is 1.53. The van der Waals surface area contributed by atoms with E-state index in [0.29, 0.717) is 11.4 Å². The first-order chi connectivity index (χ1) is 22.8. The minimum atomic E-state index is -3.84. The number of unbranched alkanes of at least 4 members (excludes halogenated alkanes) is 2. The van der Waals surface area contributed by atoms with E-state index in [1.807, 2.05) is 12.1 Å². The van der Waals surface area contributed by atoms with Crippen LogP contribution in [0.15, 0.2) is 142 Å². The average molecular weight is 703 g/mol. The molecule has 0 aliphatic heterocycles. The van der Waals surface area contributed by atoms with Gasteiger partial charge in [0.25, 0.3) is 20.0 Å². The molecule has 0 amide bonds. The Bertz CT molecular complexity index is 1990. The Morgan fingerprint density at radius 1 is 0.532 bits per heavy atom. The van der Waals surface area contributed by atoms with Crippen LogP contribution in [0.3, 0.4) is 0 Å². The average Bonchev–Trinajstić information content (AvgIpc) is 3.75. The molecule has 0 fully saturated rings. The maximum Gasteiger partial charge on any atom is 0.282 e. The van der Waals surface area contributed by atoms with Gasteiger partial charge in [0.2, 0.25) is 0 Å². The van der Waals surface area contributed by atoms with Crippen molar-refractivity contribution >= 4 is 43.6 Å². The van der Waals surface area contributed by atoms with Crippen molar-refractivity contribution in [3.05, 3.63) is 122 Å². The molecule has 0 bridgehead atoms. The Morgan fingerprint density at radius 2 is 0.957 bits per heavy atom. The van der Waals surface area contributed by atoms with Gasteiger partial charge in [-0.2, -0.15) is 35.2 Å². The normalized spacial score (nSPS) is 11.9. The highest BCUT2D eigenvalue weighted by Crippen LogP contribution is 2.34. The number of thioether (sulfide) groups is 2. The van der Waals surface area contributed by atoms with Crippen molar-refractivity contribution in [3.8, 4) is 22.5 Å². The van der Waals surface area contributed by atoms with E-state index in [2.05, 4.69) is 20.2 Å². The van der Waals surface area contributed by atoms with Crippen molar-refractivity contribution in [3.63, 3.8) is 0 Å². The molecule has 0 N–H and O–H groups in total. The van der Waals surface area contributed by atoms with E-state index in [4.69, 9.17) is 0 Å². The number of benzene rings is 2. The highest BCUT2D eigenvalue weighted by Gasteiger charge is 2.23. The van der Waals surface area contributed by atoms with Gasteiger partial charge in [-0.25, -0.2) is 0 Å². The quantitative estimate of drug-likeness (QED) is 0.0890. The van der Waals surface area contributed by atoms with Crippen molar-refractivity contribution in [1.29, 1.82) is 0 Å². The third kappa shape index (κ3) is 7.51. The summed E-state index contributed by atoms with van der Waals surface area (Å²) in [5, 5.41) is 8.94. The fraction of sp³-hybridized carbons (Fsp3) is 0.152. The number of hydrogen-bond donors (Lipinski definition) is 0. The number of hydrogen-bond acceptors (Lipinski definition) is 10.